The quantitative estimate of drug-likeness (QED) is 0.751. The highest BCUT2D eigenvalue weighted by Gasteiger charge is 2.19. The predicted octanol–water partition coefficient (Wildman–Crippen LogP) is 3.85. The van der Waals surface area contributed by atoms with Crippen molar-refractivity contribution in [2.24, 2.45) is 0 Å². The average Bonchev–Trinajstić information content (AvgIpc) is 3.15. The molecule has 0 aliphatic heterocycles. The van der Waals surface area contributed by atoms with Crippen molar-refractivity contribution in [1.82, 2.24) is 19.5 Å². The van der Waals surface area contributed by atoms with E-state index in [9.17, 15) is 0 Å². The Morgan fingerprint density at radius 2 is 1.92 bits per heavy atom. The Hall–Kier alpha value is -2.48. The maximum absolute atomic E-state index is 5.62. The maximum atomic E-state index is 5.62. The SMILES string of the molecule is Cc1nc(COc2ccc(Nc3nc(C(C)(C)C)ns3)cc2)no1. The molecule has 0 amide bonds. The maximum Gasteiger partial charge on any atom is 0.223 e. The largest absolute Gasteiger partial charge is 0.485 e. The molecular weight excluding hydrogens is 326 g/mol. The van der Waals surface area contributed by atoms with Gasteiger partial charge >= 0.3 is 0 Å². The summed E-state index contributed by atoms with van der Waals surface area (Å²) < 4.78 is 14.9. The lowest BCUT2D eigenvalue weighted by molar-refractivity contribution is 0.286. The van der Waals surface area contributed by atoms with Crippen molar-refractivity contribution in [3.8, 4) is 5.75 Å². The van der Waals surface area contributed by atoms with Gasteiger partial charge in [-0.05, 0) is 24.3 Å². The zero-order chi connectivity index (χ0) is 17.2. The molecule has 1 N–H and O–H groups in total. The molecule has 2 aromatic heterocycles. The van der Waals surface area contributed by atoms with Gasteiger partial charge in [0.25, 0.3) is 0 Å². The minimum Gasteiger partial charge on any atom is -0.485 e. The normalized spacial score (nSPS) is 11.5. The van der Waals surface area contributed by atoms with E-state index in [4.69, 9.17) is 9.26 Å². The molecule has 0 saturated heterocycles. The molecule has 0 radical (unpaired) electrons. The number of aryl methyl sites for hydroxylation is 1. The molecule has 3 aromatic rings. The third kappa shape index (κ3) is 4.08. The van der Waals surface area contributed by atoms with Crippen molar-refractivity contribution in [2.75, 3.05) is 5.32 Å². The summed E-state index contributed by atoms with van der Waals surface area (Å²) in [5, 5.41) is 7.81. The molecule has 7 nitrogen and oxygen atoms in total. The van der Waals surface area contributed by atoms with Gasteiger partial charge in [-0.2, -0.15) is 9.36 Å². The number of hydrogen-bond donors (Lipinski definition) is 1. The predicted molar refractivity (Wildman–Crippen MR) is 91.7 cm³/mol. The van der Waals surface area contributed by atoms with Crippen LogP contribution < -0.4 is 10.1 Å². The topological polar surface area (TPSA) is 86.0 Å². The summed E-state index contributed by atoms with van der Waals surface area (Å²) in [6.45, 7) is 8.30. The van der Waals surface area contributed by atoms with Crippen LogP contribution in [-0.2, 0) is 12.0 Å². The fraction of sp³-hybridized carbons (Fsp3) is 0.375. The average molecular weight is 345 g/mol. The van der Waals surface area contributed by atoms with E-state index in [2.05, 4.69) is 45.6 Å². The molecule has 0 unspecified atom stereocenters. The Balaban J connectivity index is 1.59. The summed E-state index contributed by atoms with van der Waals surface area (Å²) in [4.78, 5) is 8.61. The first kappa shape index (κ1) is 16.4. The number of aromatic nitrogens is 4. The molecule has 0 spiro atoms. The van der Waals surface area contributed by atoms with Crippen LogP contribution in [0.1, 0.15) is 38.3 Å². The van der Waals surface area contributed by atoms with E-state index in [1.54, 1.807) is 6.92 Å². The molecule has 0 aliphatic rings. The van der Waals surface area contributed by atoms with Crippen molar-refractivity contribution in [3.63, 3.8) is 0 Å². The fourth-order valence-electron chi connectivity index (χ4n) is 1.88. The molecule has 0 saturated carbocycles. The first-order chi connectivity index (χ1) is 11.4. The zero-order valence-electron chi connectivity index (χ0n) is 14.0. The molecule has 0 fully saturated rings. The fourth-order valence-corrected chi connectivity index (χ4v) is 2.66. The third-order valence-electron chi connectivity index (χ3n) is 3.14. The van der Waals surface area contributed by atoms with Crippen LogP contribution in [0.5, 0.6) is 5.75 Å². The Morgan fingerprint density at radius 3 is 2.50 bits per heavy atom. The monoisotopic (exact) mass is 345 g/mol. The van der Waals surface area contributed by atoms with Crippen LogP contribution in [0.2, 0.25) is 0 Å². The second kappa shape index (κ2) is 6.56. The smallest absolute Gasteiger partial charge is 0.223 e. The first-order valence-electron chi connectivity index (χ1n) is 7.53. The van der Waals surface area contributed by atoms with Gasteiger partial charge in [-0.3, -0.25) is 0 Å². The molecular formula is C16H19N5O2S. The number of rotatable bonds is 5. The Morgan fingerprint density at radius 1 is 1.17 bits per heavy atom. The molecule has 1 aromatic carbocycles. The highest BCUT2D eigenvalue weighted by molar-refractivity contribution is 7.09. The highest BCUT2D eigenvalue weighted by Crippen LogP contribution is 2.26. The second-order valence-corrected chi connectivity index (χ2v) is 7.09. The van der Waals surface area contributed by atoms with Crippen molar-refractivity contribution in [3.05, 3.63) is 41.8 Å². The molecule has 24 heavy (non-hydrogen) atoms. The van der Waals surface area contributed by atoms with E-state index in [0.717, 1.165) is 22.4 Å². The summed E-state index contributed by atoms with van der Waals surface area (Å²) in [5.74, 6) is 2.62. The van der Waals surface area contributed by atoms with Crippen LogP contribution in [0.4, 0.5) is 10.8 Å². The molecule has 0 bridgehead atoms. The summed E-state index contributed by atoms with van der Waals surface area (Å²) in [6, 6.07) is 7.60. The van der Waals surface area contributed by atoms with Crippen LogP contribution in [0, 0.1) is 6.92 Å². The number of ether oxygens (including phenoxy) is 1. The Kier molecular flexibility index (Phi) is 4.48. The lowest BCUT2D eigenvalue weighted by atomic mass is 9.96. The molecule has 0 aliphatic carbocycles. The van der Waals surface area contributed by atoms with Gasteiger partial charge in [-0.15, -0.1) is 0 Å². The number of anilines is 2. The van der Waals surface area contributed by atoms with E-state index in [0.29, 0.717) is 11.7 Å². The van der Waals surface area contributed by atoms with Gasteiger partial charge in [-0.1, -0.05) is 25.9 Å². The van der Waals surface area contributed by atoms with Crippen molar-refractivity contribution in [2.45, 2.75) is 39.7 Å². The minimum absolute atomic E-state index is 0.0539. The summed E-state index contributed by atoms with van der Waals surface area (Å²) in [5.41, 5.74) is 0.871. The zero-order valence-corrected chi connectivity index (χ0v) is 14.8. The van der Waals surface area contributed by atoms with Gasteiger partial charge in [0.15, 0.2) is 6.61 Å². The molecule has 2 heterocycles. The van der Waals surface area contributed by atoms with Crippen LogP contribution in [0.15, 0.2) is 28.8 Å². The Bertz CT molecular complexity index is 804. The third-order valence-corrected chi connectivity index (χ3v) is 3.77. The van der Waals surface area contributed by atoms with E-state index >= 15 is 0 Å². The van der Waals surface area contributed by atoms with Crippen molar-refractivity contribution < 1.29 is 9.26 Å². The minimum atomic E-state index is -0.0539. The van der Waals surface area contributed by atoms with Gasteiger partial charge in [0.05, 0.1) is 0 Å². The van der Waals surface area contributed by atoms with Gasteiger partial charge in [0, 0.05) is 29.6 Å². The van der Waals surface area contributed by atoms with E-state index in [-0.39, 0.29) is 12.0 Å². The second-order valence-electron chi connectivity index (χ2n) is 6.34. The number of nitrogens with one attached hydrogen (secondary N) is 1. The number of hydrogen-bond acceptors (Lipinski definition) is 8. The van der Waals surface area contributed by atoms with Crippen LogP contribution in [-0.4, -0.2) is 19.5 Å². The molecule has 126 valence electrons. The van der Waals surface area contributed by atoms with Crippen molar-refractivity contribution >= 4 is 22.4 Å². The number of benzene rings is 1. The Labute approximate surface area is 144 Å². The summed E-state index contributed by atoms with van der Waals surface area (Å²) in [7, 11) is 0. The van der Waals surface area contributed by atoms with Crippen LogP contribution >= 0.6 is 11.5 Å². The molecule has 0 atom stereocenters. The van der Waals surface area contributed by atoms with Gasteiger partial charge < -0.3 is 14.6 Å². The van der Waals surface area contributed by atoms with E-state index in [1.165, 1.54) is 11.5 Å². The standard InChI is InChI=1S/C16H19N5O2S/c1-10-17-13(20-23-10)9-22-12-7-5-11(6-8-12)18-15-19-14(21-24-15)16(2,3)4/h5-8H,9H2,1-4H3,(H,18,19,21). The van der Waals surface area contributed by atoms with E-state index < -0.39 is 0 Å². The first-order valence-corrected chi connectivity index (χ1v) is 8.31. The van der Waals surface area contributed by atoms with Gasteiger partial charge in [0.2, 0.25) is 16.8 Å². The lowest BCUT2D eigenvalue weighted by Crippen LogP contribution is -2.13. The van der Waals surface area contributed by atoms with Gasteiger partial charge in [-0.25, -0.2) is 4.98 Å². The van der Waals surface area contributed by atoms with Crippen LogP contribution in [0.25, 0.3) is 0 Å². The lowest BCUT2D eigenvalue weighted by Gasteiger charge is -2.12. The highest BCUT2D eigenvalue weighted by atomic mass is 32.1. The number of nitrogens with zero attached hydrogens (tertiary/aromatic N) is 4. The van der Waals surface area contributed by atoms with E-state index in [1.807, 2.05) is 24.3 Å². The molecule has 8 heteroatoms. The summed E-state index contributed by atoms with van der Waals surface area (Å²) >= 11 is 1.35. The van der Waals surface area contributed by atoms with Gasteiger partial charge in [0.1, 0.15) is 11.6 Å². The molecule has 3 rings (SSSR count). The van der Waals surface area contributed by atoms with Crippen LogP contribution in [0.3, 0.4) is 0 Å². The summed E-state index contributed by atoms with van der Waals surface area (Å²) in [6.07, 6.45) is 0. The van der Waals surface area contributed by atoms with Crippen molar-refractivity contribution in [1.29, 1.82) is 0 Å².